The number of ether oxygens (including phenoxy) is 2. The third-order valence-electron chi connectivity index (χ3n) is 2.69. The van der Waals surface area contributed by atoms with E-state index in [1.54, 1.807) is 7.11 Å². The van der Waals surface area contributed by atoms with Crippen LogP contribution in [0.2, 0.25) is 0 Å². The van der Waals surface area contributed by atoms with Crippen LogP contribution in [0.1, 0.15) is 6.42 Å². The molecule has 2 fully saturated rings. The molecule has 0 aromatic heterocycles. The van der Waals surface area contributed by atoms with Crippen LogP contribution in [0.5, 0.6) is 0 Å². The lowest BCUT2D eigenvalue weighted by atomic mass is 9.93. The van der Waals surface area contributed by atoms with Crippen molar-refractivity contribution in [1.82, 2.24) is 5.32 Å². The molecule has 1 N–H and O–H groups in total. The van der Waals surface area contributed by atoms with Gasteiger partial charge in [0.25, 0.3) is 0 Å². The Bertz CT molecular complexity index is 163. The zero-order valence-electron chi connectivity index (χ0n) is 7.09. The van der Waals surface area contributed by atoms with Gasteiger partial charge in [0.1, 0.15) is 13.4 Å². The molecule has 2 rings (SSSR count). The third kappa shape index (κ3) is 1.09. The van der Waals surface area contributed by atoms with E-state index in [9.17, 15) is 0 Å². The molecule has 2 aliphatic rings. The van der Waals surface area contributed by atoms with Gasteiger partial charge in [0.15, 0.2) is 0 Å². The summed E-state index contributed by atoms with van der Waals surface area (Å²) in [7, 11) is 3.85. The summed E-state index contributed by atoms with van der Waals surface area (Å²) in [6.07, 6.45) is 1.11. The second kappa shape index (κ2) is 2.47. The highest BCUT2D eigenvalue weighted by atomic mass is 16.6. The van der Waals surface area contributed by atoms with E-state index < -0.39 is 0 Å². The summed E-state index contributed by atoms with van der Waals surface area (Å²) in [6, 6.07) is 0.920. The molecule has 2 bridgehead atoms. The molecule has 2 saturated heterocycles. The molecule has 3 atom stereocenters. The fraction of sp³-hybridized carbons (Fsp3) is 1.00. The maximum atomic E-state index is 5.80. The van der Waals surface area contributed by atoms with E-state index in [1.165, 1.54) is 0 Å². The molecule has 0 amide bonds. The molecule has 1 unspecified atom stereocenters. The van der Waals surface area contributed by atoms with Crippen molar-refractivity contribution in [3.63, 3.8) is 0 Å². The summed E-state index contributed by atoms with van der Waals surface area (Å²) < 4.78 is 10.9. The zero-order chi connectivity index (χ0) is 7.90. The first-order chi connectivity index (χ1) is 5.26. The predicted molar refractivity (Wildman–Crippen MR) is 44.4 cm³/mol. The van der Waals surface area contributed by atoms with Crippen LogP contribution in [0.25, 0.3) is 0 Å². The molecule has 0 aromatic carbocycles. The molecule has 2 aliphatic heterocycles. The molecule has 0 aliphatic carbocycles. The standard InChI is InChI=1S/C7H14BNO2/c1-10-4-7-2-5(9-3-7)6(8)11-7/h5-6,9H,2-4,8H2,1H3/t5?,6-,7-/m1/s1. The Morgan fingerprint density at radius 1 is 1.82 bits per heavy atom. The first-order valence-corrected chi connectivity index (χ1v) is 4.16. The zero-order valence-corrected chi connectivity index (χ0v) is 7.09. The molecule has 0 saturated carbocycles. The van der Waals surface area contributed by atoms with Crippen LogP contribution in [-0.4, -0.2) is 45.8 Å². The van der Waals surface area contributed by atoms with Crippen LogP contribution < -0.4 is 5.32 Å². The van der Waals surface area contributed by atoms with Crippen LogP contribution in [0.4, 0.5) is 0 Å². The normalized spacial score (nSPS) is 48.5. The predicted octanol–water partition coefficient (Wildman–Crippen LogP) is -1.28. The van der Waals surface area contributed by atoms with Crippen molar-refractivity contribution in [2.75, 3.05) is 20.3 Å². The van der Waals surface area contributed by atoms with Crippen molar-refractivity contribution >= 4 is 7.85 Å². The molecule has 62 valence electrons. The molecule has 0 aromatic rings. The van der Waals surface area contributed by atoms with Gasteiger partial charge in [-0.1, -0.05) is 0 Å². The Balaban J connectivity index is 2.05. The van der Waals surface area contributed by atoms with E-state index in [4.69, 9.17) is 9.47 Å². The number of methoxy groups -OCH3 is 1. The average Bonchev–Trinajstić information content (AvgIpc) is 2.44. The second-order valence-electron chi connectivity index (χ2n) is 3.63. The lowest BCUT2D eigenvalue weighted by Crippen LogP contribution is -2.47. The lowest BCUT2D eigenvalue weighted by molar-refractivity contribution is -0.0686. The fourth-order valence-corrected chi connectivity index (χ4v) is 2.17. The van der Waals surface area contributed by atoms with E-state index >= 15 is 0 Å². The lowest BCUT2D eigenvalue weighted by Gasteiger charge is -2.29. The van der Waals surface area contributed by atoms with Crippen LogP contribution in [-0.2, 0) is 9.47 Å². The van der Waals surface area contributed by atoms with Crippen LogP contribution in [0, 0.1) is 0 Å². The van der Waals surface area contributed by atoms with Crippen molar-refractivity contribution < 1.29 is 9.47 Å². The maximum absolute atomic E-state index is 5.80. The van der Waals surface area contributed by atoms with Crippen molar-refractivity contribution in [3.8, 4) is 0 Å². The number of hydrogen-bond donors (Lipinski definition) is 1. The first kappa shape index (κ1) is 7.59. The van der Waals surface area contributed by atoms with Gasteiger partial charge in [-0.3, -0.25) is 0 Å². The summed E-state index contributed by atoms with van der Waals surface area (Å²) >= 11 is 0. The Kier molecular flexibility index (Phi) is 1.70. The monoisotopic (exact) mass is 155 g/mol. The van der Waals surface area contributed by atoms with E-state index in [-0.39, 0.29) is 5.60 Å². The summed E-state index contributed by atoms with van der Waals surface area (Å²) in [5, 5.41) is 3.43. The van der Waals surface area contributed by atoms with Crippen LogP contribution in [0.15, 0.2) is 0 Å². The van der Waals surface area contributed by atoms with E-state index in [0.717, 1.165) is 19.6 Å². The molecule has 4 heteroatoms. The van der Waals surface area contributed by atoms with Gasteiger partial charge in [0.2, 0.25) is 0 Å². The summed E-state index contributed by atoms with van der Waals surface area (Å²) in [6.45, 7) is 1.68. The molecule has 11 heavy (non-hydrogen) atoms. The Morgan fingerprint density at radius 3 is 3.09 bits per heavy atom. The minimum atomic E-state index is -0.00116. The van der Waals surface area contributed by atoms with Gasteiger partial charge in [-0.25, -0.2) is 0 Å². The third-order valence-corrected chi connectivity index (χ3v) is 2.69. The van der Waals surface area contributed by atoms with Gasteiger partial charge in [-0.2, -0.15) is 0 Å². The molecule has 0 radical (unpaired) electrons. The van der Waals surface area contributed by atoms with E-state index in [1.807, 2.05) is 0 Å². The molecule has 3 nitrogen and oxygen atoms in total. The number of hydrogen-bond acceptors (Lipinski definition) is 3. The Labute approximate surface area is 67.8 Å². The first-order valence-electron chi connectivity index (χ1n) is 4.16. The Hall–Kier alpha value is -0.0551. The highest BCUT2D eigenvalue weighted by Crippen LogP contribution is 2.34. The average molecular weight is 155 g/mol. The van der Waals surface area contributed by atoms with Crippen molar-refractivity contribution in [1.29, 1.82) is 0 Å². The van der Waals surface area contributed by atoms with E-state index in [0.29, 0.717) is 12.0 Å². The highest BCUT2D eigenvalue weighted by Gasteiger charge is 2.49. The highest BCUT2D eigenvalue weighted by molar-refractivity contribution is 6.11. The molecular formula is C7H14BNO2. The molecule has 2 heterocycles. The van der Waals surface area contributed by atoms with Crippen molar-refractivity contribution in [2.45, 2.75) is 24.1 Å². The second-order valence-corrected chi connectivity index (χ2v) is 3.63. The van der Waals surface area contributed by atoms with Gasteiger partial charge in [0.05, 0.1) is 6.61 Å². The minimum Gasteiger partial charge on any atom is -0.382 e. The SMILES string of the molecule is B[C@@H]1O[C@@]2(COC)CNC1C2. The maximum Gasteiger partial charge on any atom is 0.141 e. The molecular weight excluding hydrogens is 141 g/mol. The summed E-state index contributed by atoms with van der Waals surface area (Å²) in [5.74, 6) is 0. The number of morpholine rings is 1. The van der Waals surface area contributed by atoms with Gasteiger partial charge < -0.3 is 14.8 Å². The van der Waals surface area contributed by atoms with Gasteiger partial charge >= 0.3 is 0 Å². The van der Waals surface area contributed by atoms with Gasteiger partial charge in [-0.05, 0) is 6.42 Å². The number of fused-ring (bicyclic) bond motifs is 2. The Morgan fingerprint density at radius 2 is 2.64 bits per heavy atom. The summed E-state index contributed by atoms with van der Waals surface area (Å²) in [5.41, 5.74) is -0.00116. The summed E-state index contributed by atoms with van der Waals surface area (Å²) in [4.78, 5) is 0. The van der Waals surface area contributed by atoms with Gasteiger partial charge in [0, 0.05) is 25.7 Å². The smallest absolute Gasteiger partial charge is 0.141 e. The van der Waals surface area contributed by atoms with Crippen molar-refractivity contribution in [3.05, 3.63) is 0 Å². The topological polar surface area (TPSA) is 30.5 Å². The number of rotatable bonds is 2. The largest absolute Gasteiger partial charge is 0.382 e. The van der Waals surface area contributed by atoms with Crippen LogP contribution >= 0.6 is 0 Å². The quantitative estimate of drug-likeness (QED) is 0.504. The molecule has 0 spiro atoms. The van der Waals surface area contributed by atoms with Crippen molar-refractivity contribution in [2.24, 2.45) is 0 Å². The van der Waals surface area contributed by atoms with Gasteiger partial charge in [-0.15, -0.1) is 0 Å². The van der Waals surface area contributed by atoms with Crippen LogP contribution in [0.3, 0.4) is 0 Å². The fourth-order valence-electron chi connectivity index (χ4n) is 2.17. The number of nitrogens with one attached hydrogen (secondary N) is 1. The minimum absolute atomic E-state index is 0.00116. The van der Waals surface area contributed by atoms with E-state index in [2.05, 4.69) is 13.2 Å².